The number of benzene rings is 1. The van der Waals surface area contributed by atoms with Gasteiger partial charge in [-0.1, -0.05) is 18.2 Å². The Morgan fingerprint density at radius 1 is 1.19 bits per heavy atom. The van der Waals surface area contributed by atoms with Crippen LogP contribution < -0.4 is 15.6 Å². The summed E-state index contributed by atoms with van der Waals surface area (Å²) in [6.45, 7) is 0. The molecule has 162 valence electrons. The molecule has 2 saturated carbocycles. The Bertz CT molecular complexity index is 1410. The predicted octanol–water partition coefficient (Wildman–Crippen LogP) is 3.04. The topological polar surface area (TPSA) is 101 Å². The average Bonchev–Trinajstić information content (AvgIpc) is 3.18. The quantitative estimate of drug-likeness (QED) is 0.519. The maximum atomic E-state index is 12.8. The monoisotopic (exact) mass is 429 g/mol. The van der Waals surface area contributed by atoms with Gasteiger partial charge < -0.3 is 10.1 Å². The molecule has 0 unspecified atom stereocenters. The fourth-order valence-electron chi connectivity index (χ4n) is 5.56. The highest BCUT2D eigenvalue weighted by Crippen LogP contribution is 2.62. The molecule has 0 radical (unpaired) electrons. The lowest BCUT2D eigenvalue weighted by Crippen LogP contribution is -2.55. The van der Waals surface area contributed by atoms with E-state index < -0.39 is 0 Å². The van der Waals surface area contributed by atoms with E-state index in [0.29, 0.717) is 28.4 Å². The summed E-state index contributed by atoms with van der Waals surface area (Å²) in [6.07, 6.45) is 7.43. The van der Waals surface area contributed by atoms with E-state index in [1.807, 2.05) is 30.3 Å². The van der Waals surface area contributed by atoms with Crippen LogP contribution in [0.2, 0.25) is 0 Å². The molecule has 1 amide bonds. The highest BCUT2D eigenvalue weighted by atomic mass is 16.5. The minimum absolute atomic E-state index is 0.105. The van der Waals surface area contributed by atoms with Gasteiger partial charge in [0.2, 0.25) is 0 Å². The van der Waals surface area contributed by atoms with Gasteiger partial charge in [-0.25, -0.2) is 10.1 Å². The minimum atomic E-state index is -0.143. The number of nitrogens with zero attached hydrogens (tertiary/aromatic N) is 3. The summed E-state index contributed by atoms with van der Waals surface area (Å²) < 4.78 is 7.00. The van der Waals surface area contributed by atoms with Gasteiger partial charge in [-0.15, -0.1) is 0 Å². The van der Waals surface area contributed by atoms with Crippen molar-refractivity contribution in [3.8, 4) is 5.75 Å². The van der Waals surface area contributed by atoms with Gasteiger partial charge in [0.15, 0.2) is 0 Å². The standard InChI is InChI=1S/C24H23N5O3/c1-32-16-6-7-29-19(13-25-20(29)8-16)23(31)26-15-11-24(12-15)9-14(10-24)21-17-4-2-3-5-18(17)22(30)28-27-21/h2-8,13-15H,9-12H2,1H3,(H,26,31)(H,28,30). The summed E-state index contributed by atoms with van der Waals surface area (Å²) >= 11 is 0. The number of ether oxygens (including phenoxy) is 1. The Balaban J connectivity index is 1.11. The molecule has 0 aliphatic heterocycles. The molecule has 0 bridgehead atoms. The number of fused-ring (bicyclic) bond motifs is 2. The summed E-state index contributed by atoms with van der Waals surface area (Å²) in [5.74, 6) is 0.953. The molecule has 0 saturated heterocycles. The number of aromatic nitrogens is 4. The van der Waals surface area contributed by atoms with Crippen molar-refractivity contribution in [3.63, 3.8) is 0 Å². The Kier molecular flexibility index (Phi) is 4.11. The Hall–Kier alpha value is -3.68. The number of nitrogens with one attached hydrogen (secondary N) is 2. The van der Waals surface area contributed by atoms with E-state index in [1.165, 1.54) is 0 Å². The second-order valence-electron chi connectivity index (χ2n) is 9.11. The van der Waals surface area contributed by atoms with Crippen LogP contribution >= 0.6 is 0 Å². The van der Waals surface area contributed by atoms with Crippen LogP contribution in [0.1, 0.15) is 47.8 Å². The first-order chi connectivity index (χ1) is 15.5. The predicted molar refractivity (Wildman–Crippen MR) is 119 cm³/mol. The largest absolute Gasteiger partial charge is 0.497 e. The fraction of sp³-hybridized carbons (Fsp3) is 0.333. The van der Waals surface area contributed by atoms with Crippen LogP contribution in [0.3, 0.4) is 0 Å². The van der Waals surface area contributed by atoms with Crippen molar-refractivity contribution >= 4 is 22.3 Å². The van der Waals surface area contributed by atoms with Gasteiger partial charge >= 0.3 is 0 Å². The molecule has 3 heterocycles. The third-order valence-electron chi connectivity index (χ3n) is 7.12. The van der Waals surface area contributed by atoms with Crippen LogP contribution in [-0.2, 0) is 0 Å². The van der Waals surface area contributed by atoms with Gasteiger partial charge in [-0.05, 0) is 43.2 Å². The summed E-state index contributed by atoms with van der Waals surface area (Å²) in [6, 6.07) is 11.4. The number of imidazole rings is 1. The molecule has 2 aliphatic rings. The molecule has 32 heavy (non-hydrogen) atoms. The zero-order valence-electron chi connectivity index (χ0n) is 17.7. The molecule has 6 rings (SSSR count). The number of rotatable bonds is 4. The van der Waals surface area contributed by atoms with Crippen LogP contribution in [0.15, 0.2) is 53.6 Å². The van der Waals surface area contributed by atoms with Crippen molar-refractivity contribution in [3.05, 3.63) is 70.5 Å². The second-order valence-corrected chi connectivity index (χ2v) is 9.11. The van der Waals surface area contributed by atoms with Crippen molar-refractivity contribution in [1.82, 2.24) is 24.9 Å². The third kappa shape index (κ3) is 2.90. The summed E-state index contributed by atoms with van der Waals surface area (Å²) in [7, 11) is 1.61. The number of methoxy groups -OCH3 is 1. The van der Waals surface area contributed by atoms with Crippen LogP contribution in [-0.4, -0.2) is 38.6 Å². The summed E-state index contributed by atoms with van der Waals surface area (Å²) in [4.78, 5) is 29.2. The molecule has 4 aromatic rings. The molecule has 0 atom stereocenters. The second kappa shape index (κ2) is 6.91. The molecule has 2 N–H and O–H groups in total. The maximum Gasteiger partial charge on any atom is 0.272 e. The van der Waals surface area contributed by atoms with Crippen molar-refractivity contribution in [2.75, 3.05) is 7.11 Å². The van der Waals surface area contributed by atoms with Crippen molar-refractivity contribution < 1.29 is 9.53 Å². The zero-order valence-corrected chi connectivity index (χ0v) is 17.7. The Morgan fingerprint density at radius 3 is 2.75 bits per heavy atom. The van der Waals surface area contributed by atoms with E-state index in [2.05, 4.69) is 20.5 Å². The first-order valence-corrected chi connectivity index (χ1v) is 10.8. The summed E-state index contributed by atoms with van der Waals surface area (Å²) in [5.41, 5.74) is 2.32. The fourth-order valence-corrected chi connectivity index (χ4v) is 5.56. The maximum absolute atomic E-state index is 12.8. The van der Waals surface area contributed by atoms with Gasteiger partial charge in [-0.3, -0.25) is 14.0 Å². The number of H-pyrrole nitrogens is 1. The number of aromatic amines is 1. The number of carbonyl (C=O) groups is 1. The van der Waals surface area contributed by atoms with Gasteiger partial charge in [-0.2, -0.15) is 5.10 Å². The molecule has 1 spiro atoms. The van der Waals surface area contributed by atoms with Crippen molar-refractivity contribution in [2.45, 2.75) is 37.6 Å². The van der Waals surface area contributed by atoms with E-state index in [4.69, 9.17) is 4.74 Å². The molecule has 1 aromatic carbocycles. The first-order valence-electron chi connectivity index (χ1n) is 10.8. The van der Waals surface area contributed by atoms with Crippen molar-refractivity contribution in [1.29, 1.82) is 0 Å². The molecule has 8 heteroatoms. The Morgan fingerprint density at radius 2 is 1.97 bits per heavy atom. The number of hydrogen-bond donors (Lipinski definition) is 2. The smallest absolute Gasteiger partial charge is 0.272 e. The van der Waals surface area contributed by atoms with Gasteiger partial charge in [0.1, 0.15) is 17.1 Å². The van der Waals surface area contributed by atoms with Gasteiger partial charge in [0.05, 0.1) is 24.4 Å². The number of amides is 1. The highest BCUT2D eigenvalue weighted by molar-refractivity contribution is 5.93. The van der Waals surface area contributed by atoms with Crippen molar-refractivity contribution in [2.24, 2.45) is 5.41 Å². The molecule has 2 aliphatic carbocycles. The highest BCUT2D eigenvalue weighted by Gasteiger charge is 2.54. The first kappa shape index (κ1) is 19.0. The van der Waals surface area contributed by atoms with E-state index >= 15 is 0 Å². The molecule has 3 aromatic heterocycles. The van der Waals surface area contributed by atoms with Gasteiger partial charge in [0, 0.05) is 29.6 Å². The number of carbonyl (C=O) groups excluding carboxylic acids is 1. The molecular weight excluding hydrogens is 406 g/mol. The van der Waals surface area contributed by atoms with Crippen LogP contribution in [0.5, 0.6) is 5.75 Å². The van der Waals surface area contributed by atoms with E-state index in [1.54, 1.807) is 30.0 Å². The van der Waals surface area contributed by atoms with Gasteiger partial charge in [0.25, 0.3) is 11.5 Å². The number of hydrogen-bond acceptors (Lipinski definition) is 5. The van der Waals surface area contributed by atoms with Crippen LogP contribution in [0, 0.1) is 5.41 Å². The molecule has 8 nitrogen and oxygen atoms in total. The summed E-state index contributed by atoms with van der Waals surface area (Å²) in [5, 5.41) is 11.8. The third-order valence-corrected chi connectivity index (χ3v) is 7.12. The number of pyridine rings is 1. The van der Waals surface area contributed by atoms with E-state index in [9.17, 15) is 9.59 Å². The average molecular weight is 429 g/mol. The lowest BCUT2D eigenvalue weighted by Gasteiger charge is -2.57. The lowest BCUT2D eigenvalue weighted by molar-refractivity contribution is -0.0197. The van der Waals surface area contributed by atoms with E-state index in [0.717, 1.165) is 36.8 Å². The Labute approximate surface area is 183 Å². The molecule has 2 fully saturated rings. The molecular formula is C24H23N5O3. The zero-order chi connectivity index (χ0) is 21.9. The minimum Gasteiger partial charge on any atom is -0.497 e. The SMILES string of the molecule is COc1ccn2c(C(=O)NC3CC4(C3)CC(c3n[nH]c(=O)c5ccccc35)C4)cnc2c1. The van der Waals surface area contributed by atoms with Crippen LogP contribution in [0.25, 0.3) is 16.4 Å². The van der Waals surface area contributed by atoms with E-state index in [-0.39, 0.29) is 22.9 Å². The van der Waals surface area contributed by atoms with Crippen LogP contribution in [0.4, 0.5) is 0 Å². The normalized spacial score (nSPS) is 24.3. The lowest BCUT2D eigenvalue weighted by atomic mass is 9.49.